The van der Waals surface area contributed by atoms with E-state index in [1.165, 1.54) is 0 Å². The summed E-state index contributed by atoms with van der Waals surface area (Å²) in [6.07, 6.45) is 10.1. The second kappa shape index (κ2) is 7.22. The number of ether oxygens (including phenoxy) is 3. The smallest absolute Gasteiger partial charge is 0.203 e. The lowest BCUT2D eigenvalue weighted by Gasteiger charge is -2.14. The molecule has 0 saturated heterocycles. The lowest BCUT2D eigenvalue weighted by molar-refractivity contribution is 0.324. The van der Waals surface area contributed by atoms with Crippen LogP contribution in [-0.2, 0) is 0 Å². The molecule has 1 aromatic heterocycles. The van der Waals surface area contributed by atoms with Crippen LogP contribution in [0.2, 0.25) is 0 Å². The number of methoxy groups -OCH3 is 3. The highest BCUT2D eigenvalue weighted by Gasteiger charge is 2.26. The number of benzene rings is 2. The van der Waals surface area contributed by atoms with E-state index in [4.69, 9.17) is 19.2 Å². The summed E-state index contributed by atoms with van der Waals surface area (Å²) in [6, 6.07) is 9.95. The Hall–Kier alpha value is -3.80. The van der Waals surface area contributed by atoms with Crippen molar-refractivity contribution >= 4 is 22.3 Å². The van der Waals surface area contributed by atoms with Crippen molar-refractivity contribution in [1.29, 1.82) is 0 Å². The highest BCUT2D eigenvalue weighted by molar-refractivity contribution is 6.10. The van der Waals surface area contributed by atoms with Gasteiger partial charge in [-0.2, -0.15) is 0 Å². The maximum absolute atomic E-state index is 5.53. The van der Waals surface area contributed by atoms with Gasteiger partial charge < -0.3 is 19.2 Å². The zero-order valence-electron chi connectivity index (χ0n) is 17.0. The summed E-state index contributed by atoms with van der Waals surface area (Å²) < 4.78 is 16.5. The summed E-state index contributed by atoms with van der Waals surface area (Å²) >= 11 is 0. The van der Waals surface area contributed by atoms with E-state index in [1.807, 2.05) is 48.7 Å². The van der Waals surface area contributed by atoms with E-state index >= 15 is 0 Å². The average molecular weight is 399 g/mol. The third kappa shape index (κ3) is 2.80. The number of fused-ring (bicyclic) bond motifs is 2. The van der Waals surface area contributed by atoms with Gasteiger partial charge in [0.2, 0.25) is 5.75 Å². The van der Waals surface area contributed by atoms with Gasteiger partial charge in [-0.1, -0.05) is 30.4 Å². The van der Waals surface area contributed by atoms with Gasteiger partial charge in [-0.05, 0) is 29.8 Å². The van der Waals surface area contributed by atoms with Crippen molar-refractivity contribution in [2.45, 2.75) is 0 Å². The molecule has 30 heavy (non-hydrogen) atoms. The molecular weight excluding hydrogens is 378 g/mol. The predicted molar refractivity (Wildman–Crippen MR) is 118 cm³/mol. The first kappa shape index (κ1) is 18.2. The second-order valence-electron chi connectivity index (χ2n) is 7.06. The Bertz CT molecular complexity index is 1240. The van der Waals surface area contributed by atoms with Gasteiger partial charge in [-0.25, -0.2) is 4.98 Å². The van der Waals surface area contributed by atoms with Gasteiger partial charge in [-0.15, -0.1) is 0 Å². The van der Waals surface area contributed by atoms with Crippen molar-refractivity contribution in [3.63, 3.8) is 0 Å². The number of aromatic nitrogens is 2. The minimum atomic E-state index is 0.139. The van der Waals surface area contributed by atoms with E-state index in [1.54, 1.807) is 21.3 Å². The highest BCUT2D eigenvalue weighted by Crippen LogP contribution is 2.42. The van der Waals surface area contributed by atoms with Crippen LogP contribution in [0, 0.1) is 5.92 Å². The lowest BCUT2D eigenvalue weighted by atomic mass is 9.92. The van der Waals surface area contributed by atoms with Crippen LogP contribution in [0.15, 0.2) is 65.8 Å². The van der Waals surface area contributed by atoms with Gasteiger partial charge in [-0.3, -0.25) is 4.99 Å². The minimum Gasteiger partial charge on any atom is -0.493 e. The first-order valence-electron chi connectivity index (χ1n) is 9.65. The number of nitrogens with one attached hydrogen (secondary N) is 1. The van der Waals surface area contributed by atoms with E-state index in [0.717, 1.165) is 39.3 Å². The van der Waals surface area contributed by atoms with E-state index in [2.05, 4.69) is 22.1 Å². The fraction of sp³-hybridized carbons (Fsp3) is 0.167. The van der Waals surface area contributed by atoms with Crippen LogP contribution in [0.5, 0.6) is 17.2 Å². The second-order valence-corrected chi connectivity index (χ2v) is 7.06. The SMILES string of the molecule is COc1cc(-c2cccc3nc(C4=CN=C5C=CC=CC45)[nH]c23)cc(OC)c1OC. The Morgan fingerprint density at radius 1 is 0.967 bits per heavy atom. The molecule has 1 N–H and O–H groups in total. The molecule has 2 aromatic carbocycles. The molecular formula is C24H21N3O3. The highest BCUT2D eigenvalue weighted by atomic mass is 16.5. The normalized spacial score (nSPS) is 17.0. The Balaban J connectivity index is 1.62. The quantitative estimate of drug-likeness (QED) is 0.670. The van der Waals surface area contributed by atoms with Crippen LogP contribution in [0.4, 0.5) is 0 Å². The van der Waals surface area contributed by atoms with Crippen LogP contribution in [0.3, 0.4) is 0 Å². The third-order valence-electron chi connectivity index (χ3n) is 5.46. The molecule has 6 nitrogen and oxygen atoms in total. The molecule has 1 atom stereocenters. The molecule has 0 saturated carbocycles. The number of aromatic amines is 1. The van der Waals surface area contributed by atoms with Crippen LogP contribution < -0.4 is 14.2 Å². The van der Waals surface area contributed by atoms with Gasteiger partial charge in [0.05, 0.1) is 38.1 Å². The minimum absolute atomic E-state index is 0.139. The van der Waals surface area contributed by atoms with Gasteiger partial charge in [0, 0.05) is 23.3 Å². The van der Waals surface area contributed by atoms with Crippen LogP contribution in [-0.4, -0.2) is 37.0 Å². The molecule has 1 aliphatic heterocycles. The maximum atomic E-state index is 5.53. The molecule has 150 valence electrons. The summed E-state index contributed by atoms with van der Waals surface area (Å²) in [5.74, 6) is 2.76. The Morgan fingerprint density at radius 2 is 1.77 bits per heavy atom. The van der Waals surface area contributed by atoms with Crippen LogP contribution >= 0.6 is 0 Å². The van der Waals surface area contributed by atoms with Crippen molar-refractivity contribution in [3.8, 4) is 28.4 Å². The number of imidazole rings is 1. The summed E-state index contributed by atoms with van der Waals surface area (Å²) in [5.41, 5.74) is 5.90. The summed E-state index contributed by atoms with van der Waals surface area (Å²) in [7, 11) is 4.83. The number of hydrogen-bond donors (Lipinski definition) is 1. The molecule has 5 rings (SSSR count). The predicted octanol–water partition coefficient (Wildman–Crippen LogP) is 4.79. The van der Waals surface area contributed by atoms with Gasteiger partial charge in [0.15, 0.2) is 11.5 Å². The first-order chi connectivity index (χ1) is 14.7. The van der Waals surface area contributed by atoms with E-state index < -0.39 is 0 Å². The first-order valence-corrected chi connectivity index (χ1v) is 9.65. The van der Waals surface area contributed by atoms with Crippen molar-refractivity contribution in [1.82, 2.24) is 9.97 Å². The molecule has 0 amide bonds. The van der Waals surface area contributed by atoms with Crippen molar-refractivity contribution in [2.75, 3.05) is 21.3 Å². The molecule has 0 radical (unpaired) electrons. The van der Waals surface area contributed by atoms with Crippen molar-refractivity contribution < 1.29 is 14.2 Å². The largest absolute Gasteiger partial charge is 0.493 e. The monoisotopic (exact) mass is 399 g/mol. The molecule has 0 bridgehead atoms. The standard InChI is InChI=1S/C24H21N3O3/c1-28-20-11-14(12-21(29-2)23(20)30-3)15-8-6-10-19-22(15)27-24(26-19)17-13-25-18-9-5-4-7-16(17)18/h4-13,16H,1-3H3,(H,26,27). The Labute approximate surface area is 174 Å². The summed E-state index contributed by atoms with van der Waals surface area (Å²) in [5, 5.41) is 0. The van der Waals surface area contributed by atoms with Gasteiger partial charge in [0.25, 0.3) is 0 Å². The number of nitrogens with zero attached hydrogens (tertiary/aromatic N) is 2. The Kier molecular flexibility index (Phi) is 4.39. The number of rotatable bonds is 5. The number of hydrogen-bond acceptors (Lipinski definition) is 5. The fourth-order valence-corrected chi connectivity index (χ4v) is 4.00. The van der Waals surface area contributed by atoms with E-state index in [0.29, 0.717) is 17.2 Å². The topological polar surface area (TPSA) is 68.7 Å². The zero-order valence-corrected chi connectivity index (χ0v) is 17.0. The fourth-order valence-electron chi connectivity index (χ4n) is 4.00. The lowest BCUT2D eigenvalue weighted by Crippen LogP contribution is -2.10. The van der Waals surface area contributed by atoms with Gasteiger partial charge >= 0.3 is 0 Å². The molecule has 2 heterocycles. The van der Waals surface area contributed by atoms with E-state index in [9.17, 15) is 0 Å². The van der Waals surface area contributed by atoms with Crippen LogP contribution in [0.25, 0.3) is 27.7 Å². The number of allylic oxidation sites excluding steroid dienone is 5. The molecule has 1 unspecified atom stereocenters. The molecule has 0 spiro atoms. The van der Waals surface area contributed by atoms with Crippen molar-refractivity contribution in [3.05, 3.63) is 66.7 Å². The average Bonchev–Trinajstić information content (AvgIpc) is 3.41. The zero-order chi connectivity index (χ0) is 20.7. The Morgan fingerprint density at radius 3 is 2.50 bits per heavy atom. The molecule has 6 heteroatoms. The number of H-pyrrole nitrogens is 1. The molecule has 1 aliphatic carbocycles. The number of para-hydroxylation sites is 1. The van der Waals surface area contributed by atoms with Crippen LogP contribution in [0.1, 0.15) is 5.82 Å². The molecule has 2 aliphatic rings. The molecule has 0 fully saturated rings. The maximum Gasteiger partial charge on any atom is 0.203 e. The molecule has 3 aromatic rings. The third-order valence-corrected chi connectivity index (χ3v) is 5.46. The van der Waals surface area contributed by atoms with Gasteiger partial charge in [0.1, 0.15) is 5.82 Å². The van der Waals surface area contributed by atoms with E-state index in [-0.39, 0.29) is 5.92 Å². The summed E-state index contributed by atoms with van der Waals surface area (Å²) in [4.78, 5) is 12.9. The van der Waals surface area contributed by atoms with Crippen molar-refractivity contribution in [2.24, 2.45) is 10.9 Å². The number of aliphatic imine (C=N–C) groups is 1. The summed E-state index contributed by atoms with van der Waals surface area (Å²) in [6.45, 7) is 0.